The Kier molecular flexibility index (Phi) is 6.04. The molecule has 0 N–H and O–H groups in total. The number of methoxy groups -OCH3 is 5. The first-order valence-electron chi connectivity index (χ1n) is 10.1. The third-order valence-electron chi connectivity index (χ3n) is 5.82. The lowest BCUT2D eigenvalue weighted by molar-refractivity contribution is -0.147. The summed E-state index contributed by atoms with van der Waals surface area (Å²) in [5, 5.41) is 0. The molecule has 2 aliphatic rings. The van der Waals surface area contributed by atoms with Crippen molar-refractivity contribution >= 4 is 18.0 Å². The second-order valence-corrected chi connectivity index (χ2v) is 7.36. The van der Waals surface area contributed by atoms with Crippen LogP contribution in [-0.2, 0) is 19.1 Å². The van der Waals surface area contributed by atoms with Crippen LogP contribution in [0.4, 0.5) is 0 Å². The molecule has 0 fully saturated rings. The number of hydrogen-bond acceptors (Lipinski definition) is 9. The zero-order valence-electron chi connectivity index (χ0n) is 18.9. The van der Waals surface area contributed by atoms with Crippen molar-refractivity contribution in [3.8, 4) is 28.7 Å². The van der Waals surface area contributed by atoms with E-state index in [0.29, 0.717) is 39.9 Å². The van der Waals surface area contributed by atoms with Gasteiger partial charge in [-0.1, -0.05) is 0 Å². The number of fused-ring (bicyclic) bond motifs is 2. The molecular weight excluding hydrogens is 432 g/mol. The Hall–Kier alpha value is -3.88. The van der Waals surface area contributed by atoms with Crippen LogP contribution in [0.3, 0.4) is 0 Å². The molecule has 0 saturated carbocycles. The fraction of sp³-hybridized carbons (Fsp3) is 0.333. The van der Waals surface area contributed by atoms with E-state index in [1.54, 1.807) is 24.3 Å². The fourth-order valence-electron chi connectivity index (χ4n) is 4.33. The minimum absolute atomic E-state index is 0.0844. The maximum Gasteiger partial charge on any atom is 0.334 e. The molecule has 9 nitrogen and oxygen atoms in total. The molecule has 0 spiro atoms. The molecule has 1 heterocycles. The zero-order valence-corrected chi connectivity index (χ0v) is 18.9. The van der Waals surface area contributed by atoms with Gasteiger partial charge in [0.25, 0.3) is 0 Å². The normalized spacial score (nSPS) is 18.0. The summed E-state index contributed by atoms with van der Waals surface area (Å²) in [6.07, 6.45) is 1.62. The predicted octanol–water partition coefficient (Wildman–Crippen LogP) is 2.93. The molecule has 4 rings (SSSR count). The Morgan fingerprint density at radius 2 is 1.48 bits per heavy atom. The molecular formula is C24H24O9. The van der Waals surface area contributed by atoms with Gasteiger partial charge in [0.2, 0.25) is 12.5 Å². The number of ether oxygens (including phenoxy) is 7. The van der Waals surface area contributed by atoms with E-state index in [0.717, 1.165) is 5.56 Å². The zero-order chi connectivity index (χ0) is 23.7. The van der Waals surface area contributed by atoms with Crippen LogP contribution in [0, 0.1) is 5.92 Å². The Morgan fingerprint density at radius 3 is 2.03 bits per heavy atom. The van der Waals surface area contributed by atoms with Gasteiger partial charge in [-0.05, 0) is 47.0 Å². The minimum atomic E-state index is -0.988. The Bertz CT molecular complexity index is 1110. The SMILES string of the molecule is COC(=O)C1=Cc2cc3c(cc2[C@@H](c2cc(OC)c(OC)c(OC)c2)[C@@H]1C(=O)OC)OCO3. The summed E-state index contributed by atoms with van der Waals surface area (Å²) in [6.45, 7) is 0.0844. The molecule has 0 saturated heterocycles. The van der Waals surface area contributed by atoms with Gasteiger partial charge in [0.15, 0.2) is 23.0 Å². The molecule has 2 aromatic carbocycles. The molecule has 0 bridgehead atoms. The van der Waals surface area contributed by atoms with E-state index in [2.05, 4.69) is 0 Å². The molecule has 33 heavy (non-hydrogen) atoms. The number of rotatable bonds is 6. The average Bonchev–Trinajstić information content (AvgIpc) is 3.31. The Morgan fingerprint density at radius 1 is 0.848 bits per heavy atom. The lowest BCUT2D eigenvalue weighted by Crippen LogP contribution is -2.32. The van der Waals surface area contributed by atoms with Crippen LogP contribution in [0.1, 0.15) is 22.6 Å². The highest BCUT2D eigenvalue weighted by atomic mass is 16.7. The summed E-state index contributed by atoms with van der Waals surface area (Å²) >= 11 is 0. The quantitative estimate of drug-likeness (QED) is 0.608. The van der Waals surface area contributed by atoms with Gasteiger partial charge >= 0.3 is 11.9 Å². The van der Waals surface area contributed by atoms with E-state index < -0.39 is 23.8 Å². The van der Waals surface area contributed by atoms with Crippen LogP contribution in [0.2, 0.25) is 0 Å². The molecule has 0 unspecified atom stereocenters. The van der Waals surface area contributed by atoms with Crippen molar-refractivity contribution in [3.05, 3.63) is 46.5 Å². The Labute approximate surface area is 190 Å². The maximum absolute atomic E-state index is 13.0. The van der Waals surface area contributed by atoms with Crippen LogP contribution in [-0.4, -0.2) is 54.3 Å². The highest BCUT2D eigenvalue weighted by Gasteiger charge is 2.43. The average molecular weight is 456 g/mol. The van der Waals surface area contributed by atoms with Crippen molar-refractivity contribution < 1.29 is 42.7 Å². The van der Waals surface area contributed by atoms with Crippen molar-refractivity contribution in [1.82, 2.24) is 0 Å². The lowest BCUT2D eigenvalue weighted by atomic mass is 9.71. The second-order valence-electron chi connectivity index (χ2n) is 7.36. The first-order chi connectivity index (χ1) is 16.0. The number of hydrogen-bond donors (Lipinski definition) is 0. The molecule has 1 aliphatic heterocycles. The summed E-state index contributed by atoms with van der Waals surface area (Å²) in [5.74, 6) is -0.533. The number of benzene rings is 2. The van der Waals surface area contributed by atoms with E-state index in [9.17, 15) is 9.59 Å². The molecule has 9 heteroatoms. The smallest absolute Gasteiger partial charge is 0.334 e. The van der Waals surface area contributed by atoms with Crippen LogP contribution in [0.15, 0.2) is 29.8 Å². The van der Waals surface area contributed by atoms with Crippen molar-refractivity contribution in [2.24, 2.45) is 5.92 Å². The van der Waals surface area contributed by atoms with Crippen molar-refractivity contribution in [1.29, 1.82) is 0 Å². The van der Waals surface area contributed by atoms with Crippen LogP contribution in [0.5, 0.6) is 28.7 Å². The monoisotopic (exact) mass is 456 g/mol. The van der Waals surface area contributed by atoms with Gasteiger partial charge in [0, 0.05) is 5.92 Å². The minimum Gasteiger partial charge on any atom is -0.493 e. The second kappa shape index (κ2) is 8.93. The molecule has 2 atom stereocenters. The van der Waals surface area contributed by atoms with E-state index in [1.165, 1.54) is 35.5 Å². The third-order valence-corrected chi connectivity index (χ3v) is 5.82. The van der Waals surface area contributed by atoms with Crippen LogP contribution < -0.4 is 23.7 Å². The first-order valence-corrected chi connectivity index (χ1v) is 10.1. The molecule has 2 aromatic rings. The van der Waals surface area contributed by atoms with Gasteiger partial charge in [0.1, 0.15) is 0 Å². The van der Waals surface area contributed by atoms with Gasteiger partial charge in [-0.2, -0.15) is 0 Å². The third kappa shape index (κ3) is 3.69. The summed E-state index contributed by atoms with van der Waals surface area (Å²) in [4.78, 5) is 25.8. The topological polar surface area (TPSA) is 98.8 Å². The number of esters is 2. The molecule has 0 aromatic heterocycles. The molecule has 1 aliphatic carbocycles. The van der Waals surface area contributed by atoms with Gasteiger partial charge in [0.05, 0.1) is 47.0 Å². The maximum atomic E-state index is 13.0. The van der Waals surface area contributed by atoms with E-state index in [4.69, 9.17) is 33.2 Å². The van der Waals surface area contributed by atoms with E-state index in [-0.39, 0.29) is 12.4 Å². The van der Waals surface area contributed by atoms with Crippen molar-refractivity contribution in [2.75, 3.05) is 42.3 Å². The molecule has 0 radical (unpaired) electrons. The van der Waals surface area contributed by atoms with Gasteiger partial charge in [-0.3, -0.25) is 4.79 Å². The predicted molar refractivity (Wildman–Crippen MR) is 116 cm³/mol. The largest absolute Gasteiger partial charge is 0.493 e. The van der Waals surface area contributed by atoms with Gasteiger partial charge in [-0.15, -0.1) is 0 Å². The number of carbonyl (C=O) groups is 2. The van der Waals surface area contributed by atoms with E-state index >= 15 is 0 Å². The summed E-state index contributed by atoms with van der Waals surface area (Å²) in [6, 6.07) is 7.08. The first kappa shape index (κ1) is 22.3. The standard InChI is InChI=1S/C24H24O9/c1-27-18-8-13(9-19(28-2)22(18)29-3)20-14-10-17-16(32-11-33-17)7-12(14)6-15(23(25)30-4)21(20)24(26)31-5/h6-10,20-21H,11H2,1-5H3/t20-,21-/m1/s1. The van der Waals surface area contributed by atoms with Crippen LogP contribution in [0.25, 0.3) is 6.08 Å². The summed E-state index contributed by atoms with van der Waals surface area (Å²) < 4.78 is 37.7. The summed E-state index contributed by atoms with van der Waals surface area (Å²) in [7, 11) is 7.06. The van der Waals surface area contributed by atoms with Crippen molar-refractivity contribution in [3.63, 3.8) is 0 Å². The van der Waals surface area contributed by atoms with Gasteiger partial charge < -0.3 is 33.2 Å². The summed E-state index contributed by atoms with van der Waals surface area (Å²) in [5.41, 5.74) is 2.25. The lowest BCUT2D eigenvalue weighted by Gasteiger charge is -2.32. The Balaban J connectivity index is 2.01. The number of carbonyl (C=O) groups excluding carboxylic acids is 2. The highest BCUT2D eigenvalue weighted by Crippen LogP contribution is 2.50. The van der Waals surface area contributed by atoms with Gasteiger partial charge in [-0.25, -0.2) is 4.79 Å². The van der Waals surface area contributed by atoms with Crippen molar-refractivity contribution in [2.45, 2.75) is 5.92 Å². The molecule has 174 valence electrons. The highest BCUT2D eigenvalue weighted by molar-refractivity contribution is 6.02. The van der Waals surface area contributed by atoms with E-state index in [1.807, 2.05) is 6.07 Å². The van der Waals surface area contributed by atoms with Crippen LogP contribution >= 0.6 is 0 Å². The molecule has 0 amide bonds. The fourth-order valence-corrected chi connectivity index (χ4v) is 4.33.